The highest BCUT2D eigenvalue weighted by atomic mass is 35.5. The van der Waals surface area contributed by atoms with Crippen LogP contribution in [0.15, 0.2) is 48.8 Å². The number of fused-ring (bicyclic) bond motifs is 3. The summed E-state index contributed by atoms with van der Waals surface area (Å²) in [5.74, 6) is 0.241. The van der Waals surface area contributed by atoms with Crippen molar-refractivity contribution in [2.45, 2.75) is 18.4 Å². The van der Waals surface area contributed by atoms with Crippen LogP contribution < -0.4 is 5.32 Å². The van der Waals surface area contributed by atoms with E-state index in [9.17, 15) is 10.1 Å². The molecule has 23 heavy (non-hydrogen) atoms. The molecule has 0 amide bonds. The van der Waals surface area contributed by atoms with Crippen molar-refractivity contribution in [3.63, 3.8) is 0 Å². The molecule has 0 saturated heterocycles. The van der Waals surface area contributed by atoms with Gasteiger partial charge in [-0.05, 0) is 36.1 Å². The average Bonchev–Trinajstić information content (AvgIpc) is 3.05. The van der Waals surface area contributed by atoms with E-state index in [0.29, 0.717) is 16.3 Å². The van der Waals surface area contributed by atoms with Gasteiger partial charge in [0, 0.05) is 24.4 Å². The number of nitro benzene ring substituents is 1. The first-order chi connectivity index (χ1) is 11.2. The molecule has 2 aliphatic rings. The first-order valence-corrected chi connectivity index (χ1v) is 7.84. The Hall–Kier alpha value is -2.40. The Balaban J connectivity index is 1.89. The lowest BCUT2D eigenvalue weighted by Gasteiger charge is -2.37. The van der Waals surface area contributed by atoms with Crippen LogP contribution in [0.3, 0.4) is 0 Å². The first kappa shape index (κ1) is 14.2. The van der Waals surface area contributed by atoms with Crippen LogP contribution in [-0.2, 0) is 0 Å². The number of hydrogen-bond acceptors (Lipinski definition) is 4. The first-order valence-electron chi connectivity index (χ1n) is 7.46. The zero-order valence-electron chi connectivity index (χ0n) is 12.1. The van der Waals surface area contributed by atoms with E-state index in [0.717, 1.165) is 12.0 Å². The quantitative estimate of drug-likeness (QED) is 0.502. The number of nitrogens with one attached hydrogen (secondary N) is 1. The number of hydrogen-bond donors (Lipinski definition) is 1. The van der Waals surface area contributed by atoms with Crippen molar-refractivity contribution in [1.82, 2.24) is 4.98 Å². The van der Waals surface area contributed by atoms with Crippen molar-refractivity contribution >= 4 is 23.0 Å². The van der Waals surface area contributed by atoms with Crippen molar-refractivity contribution in [3.8, 4) is 0 Å². The van der Waals surface area contributed by atoms with Crippen molar-refractivity contribution in [2.75, 3.05) is 5.32 Å². The van der Waals surface area contributed by atoms with Crippen LogP contribution in [-0.4, -0.2) is 9.91 Å². The molecule has 116 valence electrons. The average molecular weight is 328 g/mol. The molecule has 1 aliphatic carbocycles. The predicted octanol–water partition coefficient (Wildman–Crippen LogP) is 4.47. The van der Waals surface area contributed by atoms with Crippen LogP contribution in [0.25, 0.3) is 0 Å². The Labute approximate surface area is 138 Å². The maximum atomic E-state index is 11.4. The number of aromatic nitrogens is 1. The van der Waals surface area contributed by atoms with Gasteiger partial charge in [0.2, 0.25) is 0 Å². The fraction of sp³-hybridized carbons (Fsp3) is 0.235. The van der Waals surface area contributed by atoms with Gasteiger partial charge in [0.05, 0.1) is 27.2 Å². The molecule has 2 heterocycles. The number of allylic oxidation sites excluding steroid dienone is 2. The molecule has 1 aromatic heterocycles. The molecule has 1 N–H and O–H groups in total. The minimum absolute atomic E-state index is 0.00325. The number of rotatable bonds is 2. The van der Waals surface area contributed by atoms with Crippen molar-refractivity contribution in [2.24, 2.45) is 5.92 Å². The molecule has 0 fully saturated rings. The van der Waals surface area contributed by atoms with Gasteiger partial charge in [0.15, 0.2) is 0 Å². The molecule has 4 rings (SSSR count). The van der Waals surface area contributed by atoms with Crippen molar-refractivity contribution < 1.29 is 4.92 Å². The zero-order valence-corrected chi connectivity index (χ0v) is 12.9. The van der Waals surface area contributed by atoms with E-state index < -0.39 is 0 Å². The molecule has 0 bridgehead atoms. The maximum absolute atomic E-state index is 11.4. The molecule has 1 aromatic carbocycles. The fourth-order valence-electron chi connectivity index (χ4n) is 3.71. The smallest absolute Gasteiger partial charge is 0.275 e. The molecule has 3 atom stereocenters. The standard InChI is InChI=1S/C17H14ClN3O2/c18-13-4-5-14(21(22)23)15-11-2-1-3-12(11)16(20-17(13)15)10-6-8-19-9-7-10/h1-2,4-9,11-12,16,20H,3H2/t11-,12+,16-/m1/s1. The van der Waals surface area contributed by atoms with Gasteiger partial charge in [-0.25, -0.2) is 0 Å². The van der Waals surface area contributed by atoms with Gasteiger partial charge >= 0.3 is 0 Å². The molecule has 6 heteroatoms. The molecule has 0 spiro atoms. The van der Waals surface area contributed by atoms with Crippen molar-refractivity contribution in [3.05, 3.63) is 75.1 Å². The lowest BCUT2D eigenvalue weighted by Crippen LogP contribution is -2.29. The van der Waals surface area contributed by atoms with Crippen LogP contribution in [0.4, 0.5) is 11.4 Å². The van der Waals surface area contributed by atoms with Crippen LogP contribution in [0, 0.1) is 16.0 Å². The number of anilines is 1. The monoisotopic (exact) mass is 327 g/mol. The Morgan fingerprint density at radius 3 is 2.78 bits per heavy atom. The number of benzene rings is 1. The van der Waals surface area contributed by atoms with E-state index in [1.807, 2.05) is 12.1 Å². The molecule has 0 saturated carbocycles. The Morgan fingerprint density at radius 2 is 2.04 bits per heavy atom. The third-order valence-corrected chi connectivity index (χ3v) is 5.02. The minimum atomic E-state index is -0.327. The number of nitrogens with zero attached hydrogens (tertiary/aromatic N) is 2. The van der Waals surface area contributed by atoms with E-state index in [2.05, 4.69) is 22.5 Å². The third kappa shape index (κ3) is 2.19. The molecular formula is C17H14ClN3O2. The van der Waals surface area contributed by atoms with Crippen molar-refractivity contribution in [1.29, 1.82) is 0 Å². The highest BCUT2D eigenvalue weighted by molar-refractivity contribution is 6.33. The molecule has 2 aromatic rings. The summed E-state index contributed by atoms with van der Waals surface area (Å²) in [6.45, 7) is 0. The second kappa shape index (κ2) is 5.35. The zero-order chi connectivity index (χ0) is 16.0. The summed E-state index contributed by atoms with van der Waals surface area (Å²) in [7, 11) is 0. The van der Waals surface area contributed by atoms with E-state index in [-0.39, 0.29) is 28.5 Å². The predicted molar refractivity (Wildman–Crippen MR) is 88.7 cm³/mol. The third-order valence-electron chi connectivity index (χ3n) is 4.71. The summed E-state index contributed by atoms with van der Waals surface area (Å²) in [5.41, 5.74) is 2.63. The van der Waals surface area contributed by atoms with Gasteiger partial charge in [0.25, 0.3) is 5.69 Å². The van der Waals surface area contributed by atoms with E-state index in [4.69, 9.17) is 11.6 Å². The van der Waals surface area contributed by atoms with Gasteiger partial charge in [-0.3, -0.25) is 15.1 Å². The molecular weight excluding hydrogens is 314 g/mol. The summed E-state index contributed by atoms with van der Waals surface area (Å²) in [6.07, 6.45) is 8.58. The highest BCUT2D eigenvalue weighted by Crippen LogP contribution is 2.54. The summed E-state index contributed by atoms with van der Waals surface area (Å²) < 4.78 is 0. The van der Waals surface area contributed by atoms with Gasteiger partial charge < -0.3 is 5.32 Å². The summed E-state index contributed by atoms with van der Waals surface area (Å²) in [4.78, 5) is 15.2. The van der Waals surface area contributed by atoms with E-state index >= 15 is 0 Å². The largest absolute Gasteiger partial charge is 0.376 e. The summed E-state index contributed by atoms with van der Waals surface area (Å²) >= 11 is 6.34. The number of halogens is 1. The van der Waals surface area contributed by atoms with Crippen LogP contribution >= 0.6 is 11.6 Å². The molecule has 0 unspecified atom stereocenters. The topological polar surface area (TPSA) is 68.1 Å². The van der Waals surface area contributed by atoms with Gasteiger partial charge in [-0.1, -0.05) is 23.8 Å². The van der Waals surface area contributed by atoms with E-state index in [1.165, 1.54) is 6.07 Å². The van der Waals surface area contributed by atoms with Gasteiger partial charge in [-0.15, -0.1) is 0 Å². The SMILES string of the molecule is O=[N+]([O-])c1ccc(Cl)c2c1[C@@H]1C=CC[C@@H]1[C@@H](c1ccncc1)N2. The second-order valence-electron chi connectivity index (χ2n) is 5.87. The van der Waals surface area contributed by atoms with Gasteiger partial charge in [0.1, 0.15) is 0 Å². The minimum Gasteiger partial charge on any atom is -0.376 e. The highest BCUT2D eigenvalue weighted by Gasteiger charge is 2.42. The number of pyridine rings is 1. The summed E-state index contributed by atoms with van der Waals surface area (Å²) in [6, 6.07) is 7.10. The maximum Gasteiger partial charge on any atom is 0.275 e. The lowest BCUT2D eigenvalue weighted by atomic mass is 9.76. The van der Waals surface area contributed by atoms with E-state index in [1.54, 1.807) is 18.5 Å². The molecule has 0 radical (unpaired) electrons. The molecule has 5 nitrogen and oxygen atoms in total. The normalized spacial score (nSPS) is 24.7. The Kier molecular flexibility index (Phi) is 3.31. The summed E-state index contributed by atoms with van der Waals surface area (Å²) in [5, 5.41) is 15.4. The number of nitro groups is 1. The van der Waals surface area contributed by atoms with Crippen LogP contribution in [0.1, 0.15) is 29.5 Å². The Bertz CT molecular complexity index is 807. The fourth-order valence-corrected chi connectivity index (χ4v) is 3.93. The van der Waals surface area contributed by atoms with Crippen LogP contribution in [0.2, 0.25) is 5.02 Å². The Morgan fingerprint density at radius 1 is 1.26 bits per heavy atom. The lowest BCUT2D eigenvalue weighted by molar-refractivity contribution is -0.385. The molecule has 1 aliphatic heterocycles. The second-order valence-corrected chi connectivity index (χ2v) is 6.28. The van der Waals surface area contributed by atoms with Gasteiger partial charge in [-0.2, -0.15) is 0 Å². The van der Waals surface area contributed by atoms with Crippen LogP contribution in [0.5, 0.6) is 0 Å².